The van der Waals surface area contributed by atoms with Crippen LogP contribution < -0.4 is 10.6 Å². The topological polar surface area (TPSA) is 64.7 Å². The van der Waals surface area contributed by atoms with E-state index in [1.807, 2.05) is 19.1 Å². The van der Waals surface area contributed by atoms with Crippen molar-refractivity contribution in [1.82, 2.24) is 15.1 Å². The number of benzene rings is 2. The number of likely N-dealkylation sites (N-methyl/N-ethyl adjacent to an activating group) is 1. The molecule has 1 heterocycles. The average Bonchev–Trinajstić information content (AvgIpc) is 2.72. The molecule has 2 aromatic carbocycles. The van der Waals surface area contributed by atoms with Gasteiger partial charge in [-0.1, -0.05) is 47.5 Å². The molecule has 2 N–H and O–H groups in total. The van der Waals surface area contributed by atoms with E-state index in [1.165, 1.54) is 5.56 Å². The molecule has 0 aliphatic carbocycles. The highest BCUT2D eigenvalue weighted by atomic mass is 16.2. The molecule has 0 radical (unpaired) electrons. The van der Waals surface area contributed by atoms with E-state index in [-0.39, 0.29) is 6.04 Å². The Balaban J connectivity index is 1.63. The van der Waals surface area contributed by atoms with Gasteiger partial charge < -0.3 is 15.5 Å². The van der Waals surface area contributed by atoms with Gasteiger partial charge in [0.2, 0.25) is 0 Å². The summed E-state index contributed by atoms with van der Waals surface area (Å²) in [5.74, 6) is -1.26. The SMILES string of the molecule is Cc1ccc(NC(=O)C(=O)NC[C@@H](c2ccc(C)cc2)N2CCN(C)CC2)cc1. The molecule has 6 nitrogen and oxygen atoms in total. The number of anilines is 1. The third-order valence-corrected chi connectivity index (χ3v) is 5.41. The molecule has 29 heavy (non-hydrogen) atoms. The van der Waals surface area contributed by atoms with Crippen molar-refractivity contribution in [3.05, 3.63) is 65.2 Å². The van der Waals surface area contributed by atoms with Crippen molar-refractivity contribution in [3.8, 4) is 0 Å². The Kier molecular flexibility index (Phi) is 7.01. The highest BCUT2D eigenvalue weighted by Gasteiger charge is 2.25. The van der Waals surface area contributed by atoms with Gasteiger partial charge in [-0.15, -0.1) is 0 Å². The summed E-state index contributed by atoms with van der Waals surface area (Å²) < 4.78 is 0. The average molecular weight is 395 g/mol. The summed E-state index contributed by atoms with van der Waals surface area (Å²) in [6.45, 7) is 8.27. The summed E-state index contributed by atoms with van der Waals surface area (Å²) in [4.78, 5) is 29.3. The fraction of sp³-hybridized carbons (Fsp3) is 0.391. The van der Waals surface area contributed by atoms with Gasteiger partial charge in [0.1, 0.15) is 0 Å². The Hall–Kier alpha value is -2.70. The third-order valence-electron chi connectivity index (χ3n) is 5.41. The lowest BCUT2D eigenvalue weighted by Gasteiger charge is -2.38. The maximum atomic E-state index is 12.4. The van der Waals surface area contributed by atoms with Gasteiger partial charge in [-0.25, -0.2) is 0 Å². The summed E-state index contributed by atoms with van der Waals surface area (Å²) in [5, 5.41) is 5.48. The number of nitrogens with one attached hydrogen (secondary N) is 2. The maximum Gasteiger partial charge on any atom is 0.313 e. The maximum absolute atomic E-state index is 12.4. The molecule has 1 atom stereocenters. The van der Waals surface area contributed by atoms with Gasteiger partial charge in [-0.3, -0.25) is 14.5 Å². The molecule has 0 aromatic heterocycles. The number of nitrogens with zero attached hydrogens (tertiary/aromatic N) is 2. The van der Waals surface area contributed by atoms with Gasteiger partial charge in [0.05, 0.1) is 6.04 Å². The number of rotatable bonds is 5. The highest BCUT2D eigenvalue weighted by Crippen LogP contribution is 2.22. The number of hydrogen-bond donors (Lipinski definition) is 2. The monoisotopic (exact) mass is 394 g/mol. The minimum absolute atomic E-state index is 0.0421. The molecule has 2 amide bonds. The van der Waals surface area contributed by atoms with Crippen molar-refractivity contribution in [3.63, 3.8) is 0 Å². The number of hydrogen-bond acceptors (Lipinski definition) is 4. The number of carbonyl (C=O) groups is 2. The smallest absolute Gasteiger partial charge is 0.313 e. The number of aryl methyl sites for hydroxylation is 2. The van der Waals surface area contributed by atoms with Crippen molar-refractivity contribution >= 4 is 17.5 Å². The van der Waals surface area contributed by atoms with E-state index in [2.05, 4.69) is 58.7 Å². The van der Waals surface area contributed by atoms with E-state index in [0.29, 0.717) is 12.2 Å². The Morgan fingerprint density at radius 1 is 0.862 bits per heavy atom. The van der Waals surface area contributed by atoms with Crippen molar-refractivity contribution < 1.29 is 9.59 Å². The molecule has 1 aliphatic rings. The first-order valence-electron chi connectivity index (χ1n) is 10.1. The predicted octanol–water partition coefficient (Wildman–Crippen LogP) is 2.35. The Morgan fingerprint density at radius 2 is 1.41 bits per heavy atom. The molecule has 0 saturated carbocycles. The fourth-order valence-corrected chi connectivity index (χ4v) is 3.47. The first-order chi connectivity index (χ1) is 13.9. The van der Waals surface area contributed by atoms with E-state index in [4.69, 9.17) is 0 Å². The van der Waals surface area contributed by atoms with E-state index in [0.717, 1.165) is 37.3 Å². The van der Waals surface area contributed by atoms with Crippen LogP contribution >= 0.6 is 0 Å². The molecule has 0 bridgehead atoms. The van der Waals surface area contributed by atoms with E-state index < -0.39 is 11.8 Å². The zero-order valence-electron chi connectivity index (χ0n) is 17.4. The van der Waals surface area contributed by atoms with Crippen molar-refractivity contribution in [2.45, 2.75) is 19.9 Å². The van der Waals surface area contributed by atoms with Gasteiger partial charge in [0.15, 0.2) is 0 Å². The largest absolute Gasteiger partial charge is 0.346 e. The van der Waals surface area contributed by atoms with Crippen LogP contribution in [0.5, 0.6) is 0 Å². The van der Waals surface area contributed by atoms with Crippen LogP contribution in [0.3, 0.4) is 0 Å². The van der Waals surface area contributed by atoms with Crippen LogP contribution in [0.4, 0.5) is 5.69 Å². The zero-order chi connectivity index (χ0) is 20.8. The van der Waals surface area contributed by atoms with Gasteiger partial charge in [0.25, 0.3) is 0 Å². The normalized spacial score (nSPS) is 16.2. The van der Waals surface area contributed by atoms with Crippen LogP contribution in [0.2, 0.25) is 0 Å². The summed E-state index contributed by atoms with van der Waals surface area (Å²) in [7, 11) is 2.12. The first kappa shape index (κ1) is 21.0. The van der Waals surface area contributed by atoms with Crippen molar-refractivity contribution in [2.75, 3.05) is 45.1 Å². The second-order valence-electron chi connectivity index (χ2n) is 7.80. The number of amides is 2. The minimum atomic E-state index is -0.644. The molecular formula is C23H30N4O2. The molecule has 0 unspecified atom stereocenters. The molecule has 0 spiro atoms. The van der Waals surface area contributed by atoms with Gasteiger partial charge in [-0.2, -0.15) is 0 Å². The quantitative estimate of drug-likeness (QED) is 0.764. The minimum Gasteiger partial charge on any atom is -0.346 e. The molecule has 1 saturated heterocycles. The molecule has 2 aromatic rings. The van der Waals surface area contributed by atoms with E-state index in [1.54, 1.807) is 12.1 Å². The highest BCUT2D eigenvalue weighted by molar-refractivity contribution is 6.39. The van der Waals surface area contributed by atoms with Crippen molar-refractivity contribution in [1.29, 1.82) is 0 Å². The Morgan fingerprint density at radius 3 is 2.00 bits per heavy atom. The van der Waals surface area contributed by atoms with Crippen LogP contribution in [0.1, 0.15) is 22.7 Å². The van der Waals surface area contributed by atoms with Gasteiger partial charge in [-0.05, 0) is 38.6 Å². The third kappa shape index (κ3) is 5.89. The molecule has 154 valence electrons. The molecular weight excluding hydrogens is 364 g/mol. The van der Waals surface area contributed by atoms with Crippen molar-refractivity contribution in [2.24, 2.45) is 0 Å². The standard InChI is InChI=1S/C23H30N4O2/c1-17-4-8-19(9-5-17)21(27-14-12-26(3)13-15-27)16-24-22(28)23(29)25-20-10-6-18(2)7-11-20/h4-11,21H,12-16H2,1-3H3,(H,24,28)(H,25,29)/t21-/m0/s1. The number of piperazine rings is 1. The summed E-state index contributed by atoms with van der Waals surface area (Å²) in [6, 6.07) is 15.8. The fourth-order valence-electron chi connectivity index (χ4n) is 3.47. The molecule has 1 fully saturated rings. The van der Waals surface area contributed by atoms with Crippen LogP contribution in [0.15, 0.2) is 48.5 Å². The van der Waals surface area contributed by atoms with Gasteiger partial charge in [0, 0.05) is 38.4 Å². The summed E-state index contributed by atoms with van der Waals surface area (Å²) >= 11 is 0. The van der Waals surface area contributed by atoms with Crippen LogP contribution in [-0.2, 0) is 9.59 Å². The van der Waals surface area contributed by atoms with Gasteiger partial charge >= 0.3 is 11.8 Å². The van der Waals surface area contributed by atoms with Crippen LogP contribution in [0, 0.1) is 13.8 Å². The van der Waals surface area contributed by atoms with E-state index >= 15 is 0 Å². The second kappa shape index (κ2) is 9.67. The molecule has 3 rings (SSSR count). The second-order valence-corrected chi connectivity index (χ2v) is 7.80. The van der Waals surface area contributed by atoms with Crippen LogP contribution in [0.25, 0.3) is 0 Å². The lowest BCUT2D eigenvalue weighted by atomic mass is 10.0. The van der Waals surface area contributed by atoms with E-state index in [9.17, 15) is 9.59 Å². The number of carbonyl (C=O) groups excluding carboxylic acids is 2. The molecule has 1 aliphatic heterocycles. The lowest BCUT2D eigenvalue weighted by molar-refractivity contribution is -0.136. The Bertz CT molecular complexity index is 825. The lowest BCUT2D eigenvalue weighted by Crippen LogP contribution is -2.49. The summed E-state index contributed by atoms with van der Waals surface area (Å²) in [6.07, 6.45) is 0. The summed E-state index contributed by atoms with van der Waals surface area (Å²) in [5.41, 5.74) is 4.07. The van der Waals surface area contributed by atoms with Crippen LogP contribution in [-0.4, -0.2) is 61.4 Å². The molecule has 6 heteroatoms. The first-order valence-corrected chi connectivity index (χ1v) is 10.1. The Labute approximate surface area is 172 Å². The zero-order valence-corrected chi connectivity index (χ0v) is 17.4. The predicted molar refractivity (Wildman–Crippen MR) is 116 cm³/mol.